The van der Waals surface area contributed by atoms with Gasteiger partial charge in [0.05, 0.1) is 16.3 Å². The van der Waals surface area contributed by atoms with E-state index in [1.54, 1.807) is 23.2 Å². The van der Waals surface area contributed by atoms with Crippen molar-refractivity contribution in [2.24, 2.45) is 0 Å². The van der Waals surface area contributed by atoms with Crippen LogP contribution in [0.2, 0.25) is 5.02 Å². The van der Waals surface area contributed by atoms with E-state index in [9.17, 15) is 14.9 Å². The van der Waals surface area contributed by atoms with E-state index < -0.39 is 4.92 Å². The van der Waals surface area contributed by atoms with E-state index in [0.717, 1.165) is 5.69 Å². The minimum atomic E-state index is -0.432. The number of amides is 1. The third kappa shape index (κ3) is 3.99. The number of nitrogens with zero attached hydrogens (tertiary/aromatic N) is 5. The molecule has 4 rings (SSSR count). The molecule has 0 unspecified atom stereocenters. The lowest BCUT2D eigenvalue weighted by Gasteiger charge is -2.35. The quantitative estimate of drug-likeness (QED) is 0.446. The Hall–Kier alpha value is -3.04. The third-order valence-corrected chi connectivity index (χ3v) is 6.32. The Bertz CT molecular complexity index is 1100. The molecule has 0 atom stereocenters. The van der Waals surface area contributed by atoms with Crippen LogP contribution in [0.5, 0.6) is 0 Å². The number of halogens is 1. The Labute approximate surface area is 181 Å². The number of anilines is 1. The molecule has 3 heterocycles. The number of benzene rings is 1. The Morgan fingerprint density at radius 2 is 1.97 bits per heavy atom. The number of thiazole rings is 1. The average molecular weight is 444 g/mol. The van der Waals surface area contributed by atoms with Crippen molar-refractivity contribution in [1.82, 2.24) is 14.9 Å². The van der Waals surface area contributed by atoms with Gasteiger partial charge in [-0.2, -0.15) is 0 Å². The number of hydrogen-bond donors (Lipinski definition) is 0. The number of aryl methyl sites for hydroxylation is 1. The summed E-state index contributed by atoms with van der Waals surface area (Å²) in [4.78, 5) is 37.1. The van der Waals surface area contributed by atoms with Gasteiger partial charge in [0.1, 0.15) is 15.6 Å². The first-order chi connectivity index (χ1) is 14.4. The topological polar surface area (TPSA) is 92.5 Å². The highest BCUT2D eigenvalue weighted by Gasteiger charge is 2.28. The number of hydrogen-bond acceptors (Lipinski definition) is 7. The summed E-state index contributed by atoms with van der Waals surface area (Å²) in [5.41, 5.74) is 1.91. The van der Waals surface area contributed by atoms with Crippen molar-refractivity contribution in [3.63, 3.8) is 0 Å². The fourth-order valence-electron chi connectivity index (χ4n) is 3.40. The van der Waals surface area contributed by atoms with Crippen LogP contribution < -0.4 is 4.90 Å². The third-order valence-electron chi connectivity index (χ3n) is 4.92. The highest BCUT2D eigenvalue weighted by Crippen LogP contribution is 2.32. The summed E-state index contributed by atoms with van der Waals surface area (Å²) in [5, 5.41) is 12.4. The van der Waals surface area contributed by atoms with Crippen LogP contribution in [0.3, 0.4) is 0 Å². The SMILES string of the molecule is Cc1nc(-c2ccccn2)sc1C(=O)N1CCN(c2ccc(Cl)cc2[N+](=O)[O-])CC1. The number of aromatic nitrogens is 2. The van der Waals surface area contributed by atoms with Crippen molar-refractivity contribution in [3.8, 4) is 10.7 Å². The molecule has 3 aromatic rings. The lowest BCUT2D eigenvalue weighted by molar-refractivity contribution is -0.384. The van der Waals surface area contributed by atoms with E-state index in [0.29, 0.717) is 52.5 Å². The lowest BCUT2D eigenvalue weighted by atomic mass is 10.2. The van der Waals surface area contributed by atoms with Gasteiger partial charge in [0.15, 0.2) is 0 Å². The zero-order chi connectivity index (χ0) is 21.3. The number of rotatable bonds is 4. The van der Waals surface area contributed by atoms with Gasteiger partial charge in [0.25, 0.3) is 11.6 Å². The van der Waals surface area contributed by atoms with Crippen LogP contribution in [-0.2, 0) is 0 Å². The van der Waals surface area contributed by atoms with Gasteiger partial charge in [-0.1, -0.05) is 17.7 Å². The van der Waals surface area contributed by atoms with E-state index in [4.69, 9.17) is 11.6 Å². The molecule has 30 heavy (non-hydrogen) atoms. The molecule has 1 fully saturated rings. The number of piperazine rings is 1. The minimum Gasteiger partial charge on any atom is -0.362 e. The van der Waals surface area contributed by atoms with Crippen molar-refractivity contribution < 1.29 is 9.72 Å². The molecule has 0 bridgehead atoms. The van der Waals surface area contributed by atoms with Crippen molar-refractivity contribution in [3.05, 3.63) is 68.3 Å². The summed E-state index contributed by atoms with van der Waals surface area (Å²) in [5.74, 6) is -0.0718. The van der Waals surface area contributed by atoms with Crippen LogP contribution in [-0.4, -0.2) is 51.9 Å². The molecule has 10 heteroatoms. The van der Waals surface area contributed by atoms with Gasteiger partial charge in [0.2, 0.25) is 0 Å². The van der Waals surface area contributed by atoms with Crippen LogP contribution in [0.1, 0.15) is 15.4 Å². The molecule has 1 aromatic carbocycles. The van der Waals surface area contributed by atoms with Crippen LogP contribution in [0.4, 0.5) is 11.4 Å². The van der Waals surface area contributed by atoms with E-state index >= 15 is 0 Å². The van der Waals surface area contributed by atoms with Crippen LogP contribution in [0.15, 0.2) is 42.6 Å². The van der Waals surface area contributed by atoms with Crippen molar-refractivity contribution in [2.75, 3.05) is 31.1 Å². The molecule has 1 amide bonds. The highest BCUT2D eigenvalue weighted by molar-refractivity contribution is 7.17. The molecule has 0 aliphatic carbocycles. The molecule has 0 radical (unpaired) electrons. The standard InChI is InChI=1S/C20H18ClN5O3S/c1-13-18(30-19(23-13)15-4-2-3-7-22-15)20(27)25-10-8-24(9-11-25)16-6-5-14(21)12-17(16)26(28)29/h2-7,12H,8-11H2,1H3. The first kappa shape index (κ1) is 20.2. The molecule has 154 valence electrons. The zero-order valence-corrected chi connectivity index (χ0v) is 17.7. The van der Waals surface area contributed by atoms with Crippen molar-refractivity contribution in [1.29, 1.82) is 0 Å². The summed E-state index contributed by atoms with van der Waals surface area (Å²) >= 11 is 7.25. The van der Waals surface area contributed by atoms with Crippen LogP contribution in [0.25, 0.3) is 10.7 Å². The summed E-state index contributed by atoms with van der Waals surface area (Å²) in [6, 6.07) is 10.2. The second-order valence-corrected chi connectivity index (χ2v) is 8.25. The lowest BCUT2D eigenvalue weighted by Crippen LogP contribution is -2.48. The highest BCUT2D eigenvalue weighted by atomic mass is 35.5. The van der Waals surface area contributed by atoms with Gasteiger partial charge >= 0.3 is 0 Å². The summed E-state index contributed by atoms with van der Waals surface area (Å²) in [6.07, 6.45) is 1.70. The fourth-order valence-corrected chi connectivity index (χ4v) is 4.58. The second-order valence-electron chi connectivity index (χ2n) is 6.82. The fraction of sp³-hybridized carbons (Fsp3) is 0.250. The number of carbonyl (C=O) groups excluding carboxylic acids is 1. The van der Waals surface area contributed by atoms with E-state index in [1.165, 1.54) is 17.4 Å². The van der Waals surface area contributed by atoms with E-state index in [1.807, 2.05) is 30.0 Å². The van der Waals surface area contributed by atoms with Crippen LogP contribution >= 0.6 is 22.9 Å². The van der Waals surface area contributed by atoms with Gasteiger partial charge in [-0.15, -0.1) is 11.3 Å². The molecule has 0 N–H and O–H groups in total. The Morgan fingerprint density at radius 3 is 2.63 bits per heavy atom. The molecule has 8 nitrogen and oxygen atoms in total. The van der Waals surface area contributed by atoms with Gasteiger partial charge in [-0.05, 0) is 31.2 Å². The summed E-state index contributed by atoms with van der Waals surface area (Å²) < 4.78 is 0. The van der Waals surface area contributed by atoms with Crippen LogP contribution in [0, 0.1) is 17.0 Å². The molecule has 1 aliphatic rings. The van der Waals surface area contributed by atoms with Gasteiger partial charge in [0, 0.05) is 43.5 Å². The smallest absolute Gasteiger partial charge is 0.294 e. The Kier molecular flexibility index (Phi) is 5.65. The van der Waals surface area contributed by atoms with Gasteiger partial charge in [-0.3, -0.25) is 19.9 Å². The maximum atomic E-state index is 13.1. The molecule has 1 saturated heterocycles. The maximum absolute atomic E-state index is 13.1. The minimum absolute atomic E-state index is 0.0272. The normalized spacial score (nSPS) is 14.1. The van der Waals surface area contributed by atoms with E-state index in [2.05, 4.69) is 9.97 Å². The molecule has 1 aliphatic heterocycles. The molecular weight excluding hydrogens is 426 g/mol. The molecule has 2 aromatic heterocycles. The number of pyridine rings is 1. The predicted molar refractivity (Wildman–Crippen MR) is 116 cm³/mol. The largest absolute Gasteiger partial charge is 0.362 e. The van der Waals surface area contributed by atoms with Crippen molar-refractivity contribution in [2.45, 2.75) is 6.92 Å². The second kappa shape index (κ2) is 8.37. The zero-order valence-electron chi connectivity index (χ0n) is 16.1. The first-order valence-electron chi connectivity index (χ1n) is 9.31. The number of nitro groups is 1. The van der Waals surface area contributed by atoms with Gasteiger partial charge < -0.3 is 9.80 Å². The Balaban J connectivity index is 1.48. The maximum Gasteiger partial charge on any atom is 0.294 e. The van der Waals surface area contributed by atoms with Crippen molar-refractivity contribution >= 4 is 40.2 Å². The molecule has 0 spiro atoms. The first-order valence-corrected chi connectivity index (χ1v) is 10.5. The monoisotopic (exact) mass is 443 g/mol. The predicted octanol–water partition coefficient (Wildman–Crippen LogP) is 4.04. The van der Waals surface area contributed by atoms with Gasteiger partial charge in [-0.25, -0.2) is 4.98 Å². The number of nitro benzene ring substituents is 1. The summed E-state index contributed by atoms with van der Waals surface area (Å²) in [6.45, 7) is 3.76. The molecule has 0 saturated carbocycles. The Morgan fingerprint density at radius 1 is 1.20 bits per heavy atom. The number of carbonyl (C=O) groups is 1. The van der Waals surface area contributed by atoms with E-state index in [-0.39, 0.29) is 11.6 Å². The average Bonchev–Trinajstić information content (AvgIpc) is 3.15. The molecular formula is C20H18ClN5O3S. The summed E-state index contributed by atoms with van der Waals surface area (Å²) in [7, 11) is 0.